The molecule has 3 aromatic carbocycles. The van der Waals surface area contributed by atoms with Crippen molar-refractivity contribution in [3.63, 3.8) is 0 Å². The van der Waals surface area contributed by atoms with Gasteiger partial charge in [0, 0.05) is 22.6 Å². The average Bonchev–Trinajstić information content (AvgIpc) is 2.83. The Hall–Kier alpha value is -2.63. The van der Waals surface area contributed by atoms with Crippen molar-refractivity contribution in [3.05, 3.63) is 83.2 Å². The summed E-state index contributed by atoms with van der Waals surface area (Å²) < 4.78 is 54.8. The summed E-state index contributed by atoms with van der Waals surface area (Å²) in [5.41, 5.74) is 2.70. The van der Waals surface area contributed by atoms with Crippen LogP contribution in [0.25, 0.3) is 22.3 Å². The van der Waals surface area contributed by atoms with E-state index in [1.54, 1.807) is 42.5 Å². The summed E-state index contributed by atoms with van der Waals surface area (Å²) in [7, 11) is 0. The first-order valence-corrected chi connectivity index (χ1v) is 11.6. The van der Waals surface area contributed by atoms with Crippen molar-refractivity contribution in [2.75, 3.05) is 13.2 Å². The van der Waals surface area contributed by atoms with Crippen molar-refractivity contribution in [1.29, 1.82) is 0 Å². The zero-order valence-electron chi connectivity index (χ0n) is 19.0. The van der Waals surface area contributed by atoms with Crippen molar-refractivity contribution < 1.29 is 22.6 Å². The highest BCUT2D eigenvalue weighted by molar-refractivity contribution is 5.71. The summed E-state index contributed by atoms with van der Waals surface area (Å²) in [5, 5.41) is 0. The lowest BCUT2D eigenvalue weighted by Crippen LogP contribution is -2.27. The van der Waals surface area contributed by atoms with E-state index in [0.29, 0.717) is 41.4 Å². The summed E-state index contributed by atoms with van der Waals surface area (Å²) in [5.74, 6) is -1.72. The quantitative estimate of drug-likeness (QED) is 0.337. The molecule has 1 fully saturated rings. The molecule has 0 spiro atoms. The molecule has 1 aliphatic rings. The maximum Gasteiger partial charge on any atom is 0.183 e. The van der Waals surface area contributed by atoms with Crippen LogP contribution in [-0.4, -0.2) is 13.2 Å². The molecule has 174 valence electrons. The predicted octanol–water partition coefficient (Wildman–Crippen LogP) is 7.99. The Kier molecular flexibility index (Phi) is 7.51. The van der Waals surface area contributed by atoms with E-state index in [1.807, 2.05) is 6.07 Å². The summed E-state index contributed by atoms with van der Waals surface area (Å²) in [6.45, 7) is 4.94. The van der Waals surface area contributed by atoms with E-state index >= 15 is 0 Å². The van der Waals surface area contributed by atoms with Crippen molar-refractivity contribution >= 4 is 0 Å². The SMILES string of the molecule is CCCCCC1COC(c2ccc(-c3ccc(-c4ccc(C)c(F)c4F)cc3)c(F)c2)OC1. The van der Waals surface area contributed by atoms with Crippen molar-refractivity contribution in [2.24, 2.45) is 5.92 Å². The van der Waals surface area contributed by atoms with E-state index in [0.717, 1.165) is 6.42 Å². The van der Waals surface area contributed by atoms with Crippen LogP contribution in [0.5, 0.6) is 0 Å². The summed E-state index contributed by atoms with van der Waals surface area (Å²) in [6, 6.07) is 14.8. The highest BCUT2D eigenvalue weighted by Gasteiger charge is 2.24. The molecule has 5 heteroatoms. The third-order valence-electron chi connectivity index (χ3n) is 6.23. The van der Waals surface area contributed by atoms with Gasteiger partial charge in [0.05, 0.1) is 13.2 Å². The Morgan fingerprint density at radius 3 is 2.06 bits per heavy atom. The van der Waals surface area contributed by atoms with Crippen LogP contribution in [0.2, 0.25) is 0 Å². The molecule has 3 aromatic rings. The Bertz CT molecular complexity index is 1090. The van der Waals surface area contributed by atoms with Crippen LogP contribution in [-0.2, 0) is 9.47 Å². The van der Waals surface area contributed by atoms with Gasteiger partial charge in [-0.3, -0.25) is 0 Å². The molecular weight excluding hydrogens is 425 g/mol. The van der Waals surface area contributed by atoms with Gasteiger partial charge in [-0.1, -0.05) is 74.7 Å². The maximum atomic E-state index is 14.9. The van der Waals surface area contributed by atoms with Crippen molar-refractivity contribution in [1.82, 2.24) is 0 Å². The van der Waals surface area contributed by atoms with Gasteiger partial charge in [0.25, 0.3) is 0 Å². The molecule has 0 saturated carbocycles. The van der Waals surface area contributed by atoms with Gasteiger partial charge in [0.2, 0.25) is 0 Å². The van der Waals surface area contributed by atoms with Crippen LogP contribution < -0.4 is 0 Å². The Morgan fingerprint density at radius 1 is 0.788 bits per heavy atom. The largest absolute Gasteiger partial charge is 0.348 e. The van der Waals surface area contributed by atoms with E-state index in [1.165, 1.54) is 32.3 Å². The zero-order valence-corrected chi connectivity index (χ0v) is 19.0. The molecule has 0 aliphatic carbocycles. The predicted molar refractivity (Wildman–Crippen MR) is 124 cm³/mol. The Balaban J connectivity index is 1.45. The van der Waals surface area contributed by atoms with Crippen LogP contribution in [0.4, 0.5) is 13.2 Å². The number of hydrogen-bond acceptors (Lipinski definition) is 2. The van der Waals surface area contributed by atoms with Crippen molar-refractivity contribution in [3.8, 4) is 22.3 Å². The molecule has 0 aromatic heterocycles. The summed E-state index contributed by atoms with van der Waals surface area (Å²) in [4.78, 5) is 0. The second-order valence-corrected chi connectivity index (χ2v) is 8.74. The Labute approximate surface area is 193 Å². The number of benzene rings is 3. The van der Waals surface area contributed by atoms with E-state index < -0.39 is 17.9 Å². The van der Waals surface area contributed by atoms with Crippen LogP contribution in [0, 0.1) is 30.3 Å². The molecule has 0 unspecified atom stereocenters. The lowest BCUT2D eigenvalue weighted by Gasteiger charge is -2.29. The monoisotopic (exact) mass is 454 g/mol. The van der Waals surface area contributed by atoms with E-state index in [4.69, 9.17) is 9.47 Å². The fourth-order valence-electron chi connectivity index (χ4n) is 4.20. The number of rotatable bonds is 7. The summed E-state index contributed by atoms with van der Waals surface area (Å²) >= 11 is 0. The number of unbranched alkanes of at least 4 members (excludes halogenated alkanes) is 2. The second-order valence-electron chi connectivity index (χ2n) is 8.74. The number of hydrogen-bond donors (Lipinski definition) is 0. The highest BCUT2D eigenvalue weighted by Crippen LogP contribution is 2.33. The standard InChI is InChI=1S/C28H29F3O2/c1-3-4-5-6-19-16-32-28(33-17-19)22-12-14-23(25(29)15-22)20-8-10-21(11-9-20)24-13-7-18(2)26(30)27(24)31/h7-15,19,28H,3-6,16-17H2,1-2H3. The van der Waals surface area contributed by atoms with Gasteiger partial charge in [0.15, 0.2) is 17.9 Å². The topological polar surface area (TPSA) is 18.5 Å². The Morgan fingerprint density at radius 2 is 1.42 bits per heavy atom. The molecule has 4 rings (SSSR count). The third-order valence-corrected chi connectivity index (χ3v) is 6.23. The first-order valence-electron chi connectivity index (χ1n) is 11.6. The molecule has 0 radical (unpaired) electrons. The first kappa shape index (κ1) is 23.5. The lowest BCUT2D eigenvalue weighted by atomic mass is 9.98. The van der Waals surface area contributed by atoms with Gasteiger partial charge in [-0.2, -0.15) is 0 Å². The first-order chi connectivity index (χ1) is 16.0. The van der Waals surface area contributed by atoms with Gasteiger partial charge in [-0.05, 0) is 36.1 Å². The normalized spacial score (nSPS) is 18.5. The van der Waals surface area contributed by atoms with Gasteiger partial charge in [-0.15, -0.1) is 0 Å². The number of halogens is 3. The van der Waals surface area contributed by atoms with Crippen molar-refractivity contribution in [2.45, 2.75) is 45.8 Å². The molecule has 0 N–H and O–H groups in total. The maximum absolute atomic E-state index is 14.9. The number of ether oxygens (including phenoxy) is 2. The van der Waals surface area contributed by atoms with Gasteiger partial charge in [0.1, 0.15) is 5.82 Å². The van der Waals surface area contributed by atoms with E-state index in [2.05, 4.69) is 6.92 Å². The van der Waals surface area contributed by atoms with E-state index in [-0.39, 0.29) is 16.9 Å². The van der Waals surface area contributed by atoms with Crippen LogP contribution >= 0.6 is 0 Å². The van der Waals surface area contributed by atoms with Crippen LogP contribution in [0.15, 0.2) is 54.6 Å². The summed E-state index contributed by atoms with van der Waals surface area (Å²) in [6.07, 6.45) is 4.10. The molecule has 0 amide bonds. The smallest absolute Gasteiger partial charge is 0.183 e. The molecule has 2 nitrogen and oxygen atoms in total. The molecule has 0 bridgehead atoms. The fourth-order valence-corrected chi connectivity index (χ4v) is 4.20. The van der Waals surface area contributed by atoms with Gasteiger partial charge >= 0.3 is 0 Å². The minimum atomic E-state index is -0.877. The van der Waals surface area contributed by atoms with E-state index in [9.17, 15) is 13.2 Å². The molecule has 1 heterocycles. The van der Waals surface area contributed by atoms with Gasteiger partial charge in [-0.25, -0.2) is 13.2 Å². The number of aryl methyl sites for hydroxylation is 1. The molecule has 0 atom stereocenters. The molecule has 33 heavy (non-hydrogen) atoms. The van der Waals surface area contributed by atoms with Gasteiger partial charge < -0.3 is 9.47 Å². The third kappa shape index (κ3) is 5.31. The zero-order chi connectivity index (χ0) is 23.4. The van der Waals surface area contributed by atoms with Crippen LogP contribution in [0.1, 0.15) is 50.0 Å². The molecule has 1 aliphatic heterocycles. The van der Waals surface area contributed by atoms with Crippen LogP contribution in [0.3, 0.4) is 0 Å². The highest BCUT2D eigenvalue weighted by atomic mass is 19.2. The minimum absolute atomic E-state index is 0.181. The second kappa shape index (κ2) is 10.5. The average molecular weight is 455 g/mol. The minimum Gasteiger partial charge on any atom is -0.348 e. The lowest BCUT2D eigenvalue weighted by molar-refractivity contribution is -0.206. The molecule has 1 saturated heterocycles. The molecular formula is C28H29F3O2. The fraction of sp³-hybridized carbons (Fsp3) is 0.357.